The third-order valence-electron chi connectivity index (χ3n) is 3.95. The molecule has 3 heterocycles. The van der Waals surface area contributed by atoms with E-state index in [4.69, 9.17) is 4.74 Å². The minimum atomic E-state index is -0.387. The Kier molecular flexibility index (Phi) is 5.92. The van der Waals surface area contributed by atoms with E-state index < -0.39 is 0 Å². The fourth-order valence-electron chi connectivity index (χ4n) is 2.78. The maximum absolute atomic E-state index is 12.7. The molecular weight excluding hydrogens is 350 g/mol. The minimum absolute atomic E-state index is 0.331. The minimum Gasteiger partial charge on any atom is -0.462 e. The van der Waals surface area contributed by atoms with Crippen molar-refractivity contribution in [1.29, 1.82) is 0 Å². The van der Waals surface area contributed by atoms with Gasteiger partial charge in [-0.2, -0.15) is 4.98 Å². The van der Waals surface area contributed by atoms with Crippen molar-refractivity contribution in [3.63, 3.8) is 0 Å². The van der Waals surface area contributed by atoms with Crippen molar-refractivity contribution in [1.82, 2.24) is 19.7 Å². The smallest absolute Gasteiger partial charge is 0.338 e. The van der Waals surface area contributed by atoms with Gasteiger partial charge in [0.15, 0.2) is 0 Å². The molecule has 2 aromatic rings. The van der Waals surface area contributed by atoms with Gasteiger partial charge in [-0.15, -0.1) is 5.10 Å². The van der Waals surface area contributed by atoms with Crippen LogP contribution in [0.2, 0.25) is 0 Å². The predicted molar refractivity (Wildman–Crippen MR) is 101 cm³/mol. The first-order valence-electron chi connectivity index (χ1n) is 8.79. The number of hydrogen-bond donors (Lipinski definition) is 1. The third kappa shape index (κ3) is 3.75. The van der Waals surface area contributed by atoms with Crippen LogP contribution < -0.4 is 5.32 Å². The number of nitrogens with one attached hydrogen (secondary N) is 1. The van der Waals surface area contributed by atoms with Gasteiger partial charge in [-0.3, -0.25) is 4.98 Å². The first-order chi connectivity index (χ1) is 12.7. The van der Waals surface area contributed by atoms with E-state index in [0.29, 0.717) is 23.3 Å². The topological polar surface area (TPSA) is 81.9 Å². The van der Waals surface area contributed by atoms with Crippen LogP contribution in [0, 0.1) is 0 Å². The fourth-order valence-corrected chi connectivity index (χ4v) is 3.46. The molecule has 0 saturated carbocycles. The average Bonchev–Trinajstić information content (AvgIpc) is 3.06. The summed E-state index contributed by atoms with van der Waals surface area (Å²) in [5.74, 6) is 1.25. The molecule has 8 heteroatoms. The second kappa shape index (κ2) is 8.35. The van der Waals surface area contributed by atoms with Gasteiger partial charge in [0.1, 0.15) is 6.04 Å². The Balaban J connectivity index is 2.03. The molecule has 7 nitrogen and oxygen atoms in total. The number of nitrogens with zero attached hydrogens (tertiary/aromatic N) is 4. The van der Waals surface area contributed by atoms with Crippen molar-refractivity contribution in [2.24, 2.45) is 0 Å². The third-order valence-corrected chi connectivity index (χ3v) is 4.99. The fraction of sp³-hybridized carbons (Fsp3) is 0.444. The van der Waals surface area contributed by atoms with Gasteiger partial charge in [0.25, 0.3) is 0 Å². The number of aromatic nitrogens is 4. The highest BCUT2D eigenvalue weighted by molar-refractivity contribution is 7.99. The molecule has 1 unspecified atom stereocenters. The molecule has 0 amide bonds. The lowest BCUT2D eigenvalue weighted by Crippen LogP contribution is -2.29. The summed E-state index contributed by atoms with van der Waals surface area (Å²) in [5, 5.41) is 8.54. The Labute approximate surface area is 157 Å². The van der Waals surface area contributed by atoms with Crippen LogP contribution in [0.1, 0.15) is 45.2 Å². The number of hydrogen-bond acceptors (Lipinski definition) is 7. The highest BCUT2D eigenvalue weighted by Gasteiger charge is 2.35. The number of esters is 1. The van der Waals surface area contributed by atoms with Gasteiger partial charge in [-0.05, 0) is 37.5 Å². The van der Waals surface area contributed by atoms with Crippen LogP contribution in [0.4, 0.5) is 5.95 Å². The Morgan fingerprint density at radius 3 is 2.77 bits per heavy atom. The normalized spacial score (nSPS) is 16.2. The summed E-state index contributed by atoms with van der Waals surface area (Å²) in [4.78, 5) is 21.4. The molecule has 1 aliphatic rings. The molecule has 0 radical (unpaired) electrons. The molecule has 0 bridgehead atoms. The summed E-state index contributed by atoms with van der Waals surface area (Å²) in [5.41, 5.74) is 2.21. The average molecular weight is 373 g/mol. The van der Waals surface area contributed by atoms with Crippen LogP contribution in [0.25, 0.3) is 0 Å². The van der Waals surface area contributed by atoms with Crippen molar-refractivity contribution in [2.45, 2.75) is 44.8 Å². The Morgan fingerprint density at radius 1 is 1.31 bits per heavy atom. The summed E-state index contributed by atoms with van der Waals surface area (Å²) in [6.07, 6.45) is 5.25. The lowest BCUT2D eigenvalue weighted by atomic mass is 9.97. The summed E-state index contributed by atoms with van der Waals surface area (Å²) >= 11 is 1.61. The van der Waals surface area contributed by atoms with Crippen LogP contribution in [0.5, 0.6) is 0 Å². The van der Waals surface area contributed by atoms with E-state index in [1.165, 1.54) is 0 Å². The number of rotatable bonds is 7. The van der Waals surface area contributed by atoms with Crippen molar-refractivity contribution in [3.8, 4) is 0 Å². The van der Waals surface area contributed by atoms with Gasteiger partial charge in [-0.25, -0.2) is 9.48 Å². The largest absolute Gasteiger partial charge is 0.462 e. The second-order valence-electron chi connectivity index (χ2n) is 5.99. The maximum Gasteiger partial charge on any atom is 0.338 e. The molecule has 0 spiro atoms. The van der Waals surface area contributed by atoms with E-state index in [1.807, 2.05) is 26.0 Å². The molecule has 26 heavy (non-hydrogen) atoms. The molecule has 3 rings (SSSR count). The van der Waals surface area contributed by atoms with Crippen LogP contribution in [-0.2, 0) is 9.53 Å². The van der Waals surface area contributed by atoms with Gasteiger partial charge in [0.2, 0.25) is 11.1 Å². The van der Waals surface area contributed by atoms with Crippen molar-refractivity contribution >= 4 is 23.7 Å². The van der Waals surface area contributed by atoms with Crippen LogP contribution in [0.15, 0.2) is 41.0 Å². The molecule has 2 aromatic heterocycles. The van der Waals surface area contributed by atoms with Crippen LogP contribution in [0.3, 0.4) is 0 Å². The number of ether oxygens (including phenoxy) is 1. The lowest BCUT2D eigenvalue weighted by Gasteiger charge is -2.28. The molecule has 1 aliphatic heterocycles. The lowest BCUT2D eigenvalue weighted by molar-refractivity contribution is -0.139. The van der Waals surface area contributed by atoms with Gasteiger partial charge in [-0.1, -0.05) is 25.6 Å². The highest BCUT2D eigenvalue weighted by atomic mass is 32.2. The first-order valence-corrected chi connectivity index (χ1v) is 9.78. The zero-order chi connectivity index (χ0) is 18.5. The SMILES string of the molecule is CCCOC(=O)C1=C(C)Nc2nc(SCCC)nn2C1c1ccncc1. The number of carbonyl (C=O) groups is 1. The molecule has 138 valence electrons. The van der Waals surface area contributed by atoms with E-state index in [0.717, 1.165) is 29.9 Å². The number of pyridine rings is 1. The maximum atomic E-state index is 12.7. The number of anilines is 1. The van der Waals surface area contributed by atoms with Crippen molar-refractivity contribution in [3.05, 3.63) is 41.4 Å². The zero-order valence-electron chi connectivity index (χ0n) is 15.2. The van der Waals surface area contributed by atoms with Crippen LogP contribution in [-0.4, -0.2) is 38.1 Å². The zero-order valence-corrected chi connectivity index (χ0v) is 16.0. The molecular formula is C18H23N5O2S. The molecule has 0 aliphatic carbocycles. The quantitative estimate of drug-likeness (QED) is 0.588. The highest BCUT2D eigenvalue weighted by Crippen LogP contribution is 2.36. The van der Waals surface area contributed by atoms with Gasteiger partial charge < -0.3 is 10.1 Å². The van der Waals surface area contributed by atoms with Gasteiger partial charge in [0, 0.05) is 23.8 Å². The molecule has 1 N–H and O–H groups in total. The van der Waals surface area contributed by atoms with Crippen molar-refractivity contribution < 1.29 is 9.53 Å². The van der Waals surface area contributed by atoms with E-state index in [2.05, 4.69) is 27.3 Å². The Morgan fingerprint density at radius 2 is 2.08 bits per heavy atom. The van der Waals surface area contributed by atoms with Gasteiger partial charge in [0.05, 0.1) is 12.2 Å². The Hall–Kier alpha value is -2.35. The molecule has 1 atom stereocenters. The summed E-state index contributed by atoms with van der Waals surface area (Å²) in [6, 6.07) is 3.39. The van der Waals surface area contributed by atoms with E-state index in [-0.39, 0.29) is 12.0 Å². The van der Waals surface area contributed by atoms with Crippen molar-refractivity contribution in [2.75, 3.05) is 17.7 Å². The van der Waals surface area contributed by atoms with E-state index in [1.54, 1.807) is 28.8 Å². The standard InChI is InChI=1S/C18H23N5O2S/c1-4-10-25-16(24)14-12(3)20-17-21-18(26-11-5-2)22-23(17)15(14)13-6-8-19-9-7-13/h6-9,15H,4-5,10-11H2,1-3H3,(H,20,21,22). The molecule has 0 fully saturated rings. The summed E-state index contributed by atoms with van der Waals surface area (Å²) < 4.78 is 7.19. The first kappa shape index (κ1) is 18.4. The number of allylic oxidation sites excluding steroid dienone is 1. The second-order valence-corrected chi connectivity index (χ2v) is 7.06. The van der Waals surface area contributed by atoms with Crippen LogP contribution >= 0.6 is 11.8 Å². The van der Waals surface area contributed by atoms with E-state index in [9.17, 15) is 4.79 Å². The number of carbonyl (C=O) groups excluding carboxylic acids is 1. The summed E-state index contributed by atoms with van der Waals surface area (Å²) in [7, 11) is 0. The van der Waals surface area contributed by atoms with E-state index >= 15 is 0 Å². The molecule has 0 aromatic carbocycles. The number of fused-ring (bicyclic) bond motifs is 1. The number of thioether (sulfide) groups is 1. The Bertz CT molecular complexity index is 803. The molecule has 0 saturated heterocycles. The van der Waals surface area contributed by atoms with Gasteiger partial charge >= 0.3 is 5.97 Å². The monoisotopic (exact) mass is 373 g/mol. The summed E-state index contributed by atoms with van der Waals surface area (Å²) in [6.45, 7) is 6.35. The predicted octanol–water partition coefficient (Wildman–Crippen LogP) is 3.42.